The Kier molecular flexibility index (Phi) is 4.70. The van der Waals surface area contributed by atoms with Crippen molar-refractivity contribution in [1.29, 1.82) is 0 Å². The van der Waals surface area contributed by atoms with E-state index in [0.717, 1.165) is 22.3 Å². The molecule has 0 amide bonds. The van der Waals surface area contributed by atoms with Crippen LogP contribution in [0.4, 0.5) is 0 Å². The molecule has 0 aliphatic heterocycles. The van der Waals surface area contributed by atoms with Crippen LogP contribution in [-0.4, -0.2) is 5.78 Å². The molecule has 2 aromatic carbocycles. The highest BCUT2D eigenvalue weighted by Gasteiger charge is 2.11. The fraction of sp³-hybridized carbons (Fsp3) is 0. The van der Waals surface area contributed by atoms with Gasteiger partial charge in [0, 0.05) is 11.1 Å². The van der Waals surface area contributed by atoms with Gasteiger partial charge in [0.1, 0.15) is 0 Å². The van der Waals surface area contributed by atoms with Gasteiger partial charge in [0.2, 0.25) is 0 Å². The minimum Gasteiger partial charge on any atom is -0.289 e. The van der Waals surface area contributed by atoms with Gasteiger partial charge in [-0.15, -0.1) is 0 Å². The first-order valence-electron chi connectivity index (χ1n) is 6.97. The van der Waals surface area contributed by atoms with E-state index in [2.05, 4.69) is 26.3 Å². The van der Waals surface area contributed by atoms with Crippen LogP contribution in [0, 0.1) is 0 Å². The van der Waals surface area contributed by atoms with Crippen LogP contribution in [0.3, 0.4) is 0 Å². The average Bonchev–Trinajstić information content (AvgIpc) is 2.59. The van der Waals surface area contributed by atoms with Crippen molar-refractivity contribution in [2.24, 2.45) is 0 Å². The number of carbonyl (C=O) groups is 1. The molecule has 2 aromatic rings. The number of hydrogen-bond acceptors (Lipinski definition) is 1. The van der Waals surface area contributed by atoms with Crippen molar-refractivity contribution in [3.63, 3.8) is 0 Å². The zero-order valence-corrected chi connectivity index (χ0v) is 12.5. The van der Waals surface area contributed by atoms with E-state index < -0.39 is 0 Å². The lowest BCUT2D eigenvalue weighted by Gasteiger charge is -2.08. The lowest BCUT2D eigenvalue weighted by molar-refractivity contribution is 0.103. The molecule has 0 N–H and O–H groups in total. The Balaban J connectivity index is 2.48. The largest absolute Gasteiger partial charge is 0.289 e. The highest BCUT2D eigenvalue weighted by Crippen LogP contribution is 2.20. The predicted octanol–water partition coefficient (Wildman–Crippen LogP) is 5.49. The highest BCUT2D eigenvalue weighted by molar-refractivity contribution is 6.09. The summed E-state index contributed by atoms with van der Waals surface area (Å²) >= 11 is 0. The SMILES string of the molecule is C=Cc1ccc(C(=O)c2ccc(C=C)c(C=C)c2)cc1C=C. The molecule has 108 valence electrons. The molecular formula is C21H18O. The second-order valence-corrected chi connectivity index (χ2v) is 4.83. The second kappa shape index (κ2) is 6.68. The van der Waals surface area contributed by atoms with Gasteiger partial charge in [-0.2, -0.15) is 0 Å². The Morgan fingerprint density at radius 1 is 0.636 bits per heavy atom. The molecule has 0 aliphatic carbocycles. The Morgan fingerprint density at radius 3 is 1.32 bits per heavy atom. The monoisotopic (exact) mass is 286 g/mol. The molecule has 0 aromatic heterocycles. The van der Waals surface area contributed by atoms with E-state index in [0.29, 0.717) is 11.1 Å². The van der Waals surface area contributed by atoms with Gasteiger partial charge in [-0.05, 0) is 34.4 Å². The van der Waals surface area contributed by atoms with E-state index in [1.807, 2.05) is 24.3 Å². The molecule has 0 aliphatic rings. The summed E-state index contributed by atoms with van der Waals surface area (Å²) < 4.78 is 0. The van der Waals surface area contributed by atoms with Gasteiger partial charge in [-0.1, -0.05) is 74.9 Å². The summed E-state index contributed by atoms with van der Waals surface area (Å²) in [6, 6.07) is 11.0. The zero-order chi connectivity index (χ0) is 16.1. The fourth-order valence-electron chi connectivity index (χ4n) is 2.32. The van der Waals surface area contributed by atoms with Crippen LogP contribution in [-0.2, 0) is 0 Å². The Hall–Kier alpha value is -2.93. The quantitative estimate of drug-likeness (QED) is 0.642. The minimum absolute atomic E-state index is 0.0302. The van der Waals surface area contributed by atoms with E-state index in [1.165, 1.54) is 0 Å². The van der Waals surface area contributed by atoms with Crippen LogP contribution in [0.25, 0.3) is 24.3 Å². The van der Waals surface area contributed by atoms with Crippen LogP contribution in [0.1, 0.15) is 38.2 Å². The fourth-order valence-corrected chi connectivity index (χ4v) is 2.32. The topological polar surface area (TPSA) is 17.1 Å². The summed E-state index contributed by atoms with van der Waals surface area (Å²) in [6.45, 7) is 15.1. The number of rotatable bonds is 6. The molecule has 0 unspecified atom stereocenters. The van der Waals surface area contributed by atoms with Gasteiger partial charge in [0.05, 0.1) is 0 Å². The normalized spacial score (nSPS) is 9.82. The third-order valence-corrected chi connectivity index (χ3v) is 3.58. The van der Waals surface area contributed by atoms with E-state index in [1.54, 1.807) is 36.4 Å². The third-order valence-electron chi connectivity index (χ3n) is 3.58. The molecule has 0 heterocycles. The molecule has 0 saturated carbocycles. The van der Waals surface area contributed by atoms with Gasteiger partial charge in [0.25, 0.3) is 0 Å². The summed E-state index contributed by atoms with van der Waals surface area (Å²) in [6.07, 6.45) is 6.95. The van der Waals surface area contributed by atoms with Crippen molar-refractivity contribution in [3.8, 4) is 0 Å². The molecule has 0 atom stereocenters. The smallest absolute Gasteiger partial charge is 0.193 e. The summed E-state index contributed by atoms with van der Waals surface area (Å²) in [5.41, 5.74) is 4.96. The standard InChI is InChI=1S/C21H18O/c1-5-15-9-11-19(13-17(15)7-3)21(22)20-12-10-16(6-2)18(8-4)14-20/h5-14H,1-4H2. The van der Waals surface area contributed by atoms with Gasteiger partial charge in [-0.25, -0.2) is 0 Å². The number of hydrogen-bond donors (Lipinski definition) is 0. The maximum atomic E-state index is 12.7. The molecule has 0 radical (unpaired) electrons. The van der Waals surface area contributed by atoms with Gasteiger partial charge in [-0.3, -0.25) is 4.79 Å². The number of benzene rings is 2. The summed E-state index contributed by atoms with van der Waals surface area (Å²) in [5, 5.41) is 0. The molecule has 1 nitrogen and oxygen atoms in total. The Morgan fingerprint density at radius 2 is 1.00 bits per heavy atom. The summed E-state index contributed by atoms with van der Waals surface area (Å²) in [7, 11) is 0. The van der Waals surface area contributed by atoms with Crippen molar-refractivity contribution >= 4 is 30.1 Å². The lowest BCUT2D eigenvalue weighted by atomic mass is 9.95. The minimum atomic E-state index is -0.0302. The van der Waals surface area contributed by atoms with Crippen molar-refractivity contribution in [2.45, 2.75) is 0 Å². The molecule has 22 heavy (non-hydrogen) atoms. The molecule has 0 bridgehead atoms. The van der Waals surface area contributed by atoms with E-state index >= 15 is 0 Å². The Bertz CT molecular complexity index is 713. The first-order chi connectivity index (χ1) is 10.6. The average molecular weight is 286 g/mol. The van der Waals surface area contributed by atoms with Crippen molar-refractivity contribution in [2.75, 3.05) is 0 Å². The van der Waals surface area contributed by atoms with Crippen LogP contribution in [0.2, 0.25) is 0 Å². The Labute approximate surface area is 131 Å². The lowest BCUT2D eigenvalue weighted by Crippen LogP contribution is -2.03. The van der Waals surface area contributed by atoms with E-state index in [9.17, 15) is 4.79 Å². The van der Waals surface area contributed by atoms with Gasteiger partial charge in [0.15, 0.2) is 5.78 Å². The van der Waals surface area contributed by atoms with Crippen molar-refractivity contribution < 1.29 is 4.79 Å². The van der Waals surface area contributed by atoms with E-state index in [-0.39, 0.29) is 5.78 Å². The summed E-state index contributed by atoms with van der Waals surface area (Å²) in [5.74, 6) is -0.0302. The first kappa shape index (κ1) is 15.5. The van der Waals surface area contributed by atoms with Crippen LogP contribution >= 0.6 is 0 Å². The molecular weight excluding hydrogens is 268 g/mol. The molecule has 2 rings (SSSR count). The van der Waals surface area contributed by atoms with Crippen LogP contribution in [0.5, 0.6) is 0 Å². The van der Waals surface area contributed by atoms with Crippen molar-refractivity contribution in [3.05, 3.63) is 96.1 Å². The zero-order valence-electron chi connectivity index (χ0n) is 12.5. The number of carbonyl (C=O) groups excluding carboxylic acids is 1. The molecule has 0 saturated heterocycles. The van der Waals surface area contributed by atoms with Crippen LogP contribution < -0.4 is 0 Å². The highest BCUT2D eigenvalue weighted by atomic mass is 16.1. The van der Waals surface area contributed by atoms with E-state index in [4.69, 9.17) is 0 Å². The maximum absolute atomic E-state index is 12.7. The molecule has 0 spiro atoms. The number of ketones is 1. The predicted molar refractivity (Wildman–Crippen MR) is 96.7 cm³/mol. The van der Waals surface area contributed by atoms with Gasteiger partial charge < -0.3 is 0 Å². The summed E-state index contributed by atoms with van der Waals surface area (Å²) in [4.78, 5) is 12.7. The van der Waals surface area contributed by atoms with Gasteiger partial charge >= 0.3 is 0 Å². The molecule has 1 heteroatoms. The maximum Gasteiger partial charge on any atom is 0.193 e. The third kappa shape index (κ3) is 2.89. The molecule has 0 fully saturated rings. The first-order valence-corrected chi connectivity index (χ1v) is 6.97. The van der Waals surface area contributed by atoms with Crippen molar-refractivity contribution in [1.82, 2.24) is 0 Å². The van der Waals surface area contributed by atoms with Crippen LogP contribution in [0.15, 0.2) is 62.7 Å². The second-order valence-electron chi connectivity index (χ2n) is 4.83.